The van der Waals surface area contributed by atoms with Crippen molar-refractivity contribution in [3.63, 3.8) is 0 Å². The van der Waals surface area contributed by atoms with Crippen LogP contribution in [0.3, 0.4) is 0 Å². The Kier molecular flexibility index (Phi) is 5.99. The maximum Gasteiger partial charge on any atom is 0.191 e. The molecule has 0 saturated carbocycles. The molecule has 0 amide bonds. The summed E-state index contributed by atoms with van der Waals surface area (Å²) in [5.74, 6) is 0.839. The van der Waals surface area contributed by atoms with Crippen molar-refractivity contribution in [2.75, 3.05) is 13.1 Å². The molecule has 0 atom stereocenters. The molecule has 4 nitrogen and oxygen atoms in total. The third-order valence-corrected chi connectivity index (χ3v) is 4.03. The predicted molar refractivity (Wildman–Crippen MR) is 105 cm³/mol. The molecule has 3 aromatic rings. The van der Waals surface area contributed by atoms with Crippen molar-refractivity contribution in [1.29, 1.82) is 0 Å². The summed E-state index contributed by atoms with van der Waals surface area (Å²) >= 11 is 0. The van der Waals surface area contributed by atoms with Crippen LogP contribution in [-0.4, -0.2) is 24.0 Å². The number of aromatic nitrogens is 1. The van der Waals surface area contributed by atoms with E-state index in [2.05, 4.69) is 65.0 Å². The van der Waals surface area contributed by atoms with Crippen molar-refractivity contribution in [2.45, 2.75) is 19.9 Å². The molecular weight excluding hydrogens is 308 g/mol. The fraction of sp³-hybridized carbons (Fsp3) is 0.238. The Morgan fingerprint density at radius 1 is 0.960 bits per heavy atom. The first-order chi connectivity index (χ1) is 12.4. The summed E-state index contributed by atoms with van der Waals surface area (Å²) in [5, 5.41) is 9.21. The van der Waals surface area contributed by atoms with Gasteiger partial charge < -0.3 is 10.6 Å². The number of hydrogen-bond acceptors (Lipinski definition) is 2. The Bertz CT molecular complexity index is 822. The molecular formula is C21H24N4. The highest BCUT2D eigenvalue weighted by Gasteiger charge is 2.02. The van der Waals surface area contributed by atoms with Crippen molar-refractivity contribution in [3.8, 4) is 0 Å². The van der Waals surface area contributed by atoms with Gasteiger partial charge in [0.2, 0.25) is 0 Å². The smallest absolute Gasteiger partial charge is 0.191 e. The van der Waals surface area contributed by atoms with Crippen LogP contribution in [0.5, 0.6) is 0 Å². The number of nitrogens with zero attached hydrogens (tertiary/aromatic N) is 2. The van der Waals surface area contributed by atoms with E-state index < -0.39 is 0 Å². The predicted octanol–water partition coefficient (Wildman–Crippen LogP) is 3.53. The van der Waals surface area contributed by atoms with Gasteiger partial charge in [0.1, 0.15) is 0 Å². The molecule has 2 aromatic carbocycles. The second kappa shape index (κ2) is 8.83. The zero-order valence-electron chi connectivity index (χ0n) is 14.6. The Morgan fingerprint density at radius 3 is 2.64 bits per heavy atom. The van der Waals surface area contributed by atoms with Crippen LogP contribution >= 0.6 is 0 Å². The van der Waals surface area contributed by atoms with Crippen molar-refractivity contribution < 1.29 is 0 Å². The number of guanidine groups is 1. The lowest BCUT2D eigenvalue weighted by Crippen LogP contribution is -2.38. The molecule has 2 N–H and O–H groups in total. The molecule has 1 heterocycles. The molecule has 0 unspecified atom stereocenters. The summed E-state index contributed by atoms with van der Waals surface area (Å²) in [6.07, 6.45) is 2.70. The highest BCUT2D eigenvalue weighted by Crippen LogP contribution is 2.19. The second-order valence-electron chi connectivity index (χ2n) is 5.83. The average molecular weight is 332 g/mol. The standard InChI is InChI=1S/C21H24N4/c1-2-22-21(24-15-13-19-11-5-6-14-23-19)25-16-18-10-7-9-17-8-3-4-12-20(17)18/h3-12,14H,2,13,15-16H2,1H3,(H2,22,24,25). The minimum Gasteiger partial charge on any atom is -0.357 e. The van der Waals surface area contributed by atoms with Gasteiger partial charge in [0.25, 0.3) is 0 Å². The van der Waals surface area contributed by atoms with Gasteiger partial charge in [-0.05, 0) is 35.4 Å². The van der Waals surface area contributed by atoms with Crippen LogP contribution in [0.15, 0.2) is 71.9 Å². The quantitative estimate of drug-likeness (QED) is 0.536. The van der Waals surface area contributed by atoms with Crippen LogP contribution in [0, 0.1) is 0 Å². The highest BCUT2D eigenvalue weighted by molar-refractivity contribution is 5.86. The van der Waals surface area contributed by atoms with E-state index in [9.17, 15) is 0 Å². The SMILES string of the molecule is CCNC(=NCc1cccc2ccccc12)NCCc1ccccn1. The van der Waals surface area contributed by atoms with Gasteiger partial charge in [-0.25, -0.2) is 4.99 Å². The number of benzene rings is 2. The normalized spacial score (nSPS) is 11.5. The molecule has 128 valence electrons. The molecule has 25 heavy (non-hydrogen) atoms. The van der Waals surface area contributed by atoms with Crippen molar-refractivity contribution >= 4 is 16.7 Å². The zero-order chi connectivity index (χ0) is 17.3. The van der Waals surface area contributed by atoms with E-state index in [0.717, 1.165) is 31.2 Å². The van der Waals surface area contributed by atoms with E-state index in [-0.39, 0.29) is 0 Å². The summed E-state index contributed by atoms with van der Waals surface area (Å²) in [4.78, 5) is 9.09. The minimum absolute atomic E-state index is 0.653. The Hall–Kier alpha value is -2.88. The third-order valence-electron chi connectivity index (χ3n) is 4.03. The Labute approximate surface area is 149 Å². The molecule has 0 fully saturated rings. The fourth-order valence-corrected chi connectivity index (χ4v) is 2.79. The van der Waals surface area contributed by atoms with Gasteiger partial charge in [-0.15, -0.1) is 0 Å². The van der Waals surface area contributed by atoms with E-state index in [0.29, 0.717) is 6.54 Å². The summed E-state index contributed by atoms with van der Waals surface area (Å²) in [5.41, 5.74) is 2.32. The monoisotopic (exact) mass is 332 g/mol. The average Bonchev–Trinajstić information content (AvgIpc) is 2.67. The Balaban J connectivity index is 1.65. The van der Waals surface area contributed by atoms with E-state index in [1.54, 1.807) is 0 Å². The van der Waals surface area contributed by atoms with Crippen LogP contribution in [0.4, 0.5) is 0 Å². The van der Waals surface area contributed by atoms with Gasteiger partial charge in [-0.3, -0.25) is 4.98 Å². The lowest BCUT2D eigenvalue weighted by Gasteiger charge is -2.11. The van der Waals surface area contributed by atoms with Crippen LogP contribution in [0.1, 0.15) is 18.2 Å². The minimum atomic E-state index is 0.653. The second-order valence-corrected chi connectivity index (χ2v) is 5.83. The largest absolute Gasteiger partial charge is 0.357 e. The van der Waals surface area contributed by atoms with Crippen LogP contribution in [0.2, 0.25) is 0 Å². The maximum atomic E-state index is 4.74. The molecule has 0 bridgehead atoms. The molecule has 0 saturated heterocycles. The number of fused-ring (bicyclic) bond motifs is 1. The van der Waals surface area contributed by atoms with E-state index in [1.165, 1.54) is 16.3 Å². The van der Waals surface area contributed by atoms with Gasteiger partial charge >= 0.3 is 0 Å². The number of pyridine rings is 1. The number of rotatable bonds is 6. The lowest BCUT2D eigenvalue weighted by atomic mass is 10.1. The van der Waals surface area contributed by atoms with E-state index >= 15 is 0 Å². The molecule has 0 aliphatic heterocycles. The topological polar surface area (TPSA) is 49.3 Å². The molecule has 0 radical (unpaired) electrons. The summed E-state index contributed by atoms with van der Waals surface area (Å²) in [6.45, 7) is 4.37. The van der Waals surface area contributed by atoms with Crippen molar-refractivity contribution in [2.24, 2.45) is 4.99 Å². The lowest BCUT2D eigenvalue weighted by molar-refractivity contribution is 0.789. The number of nitrogens with one attached hydrogen (secondary N) is 2. The summed E-state index contributed by atoms with van der Waals surface area (Å²) in [6, 6.07) is 20.8. The number of hydrogen-bond donors (Lipinski definition) is 2. The molecule has 0 aliphatic rings. The third kappa shape index (κ3) is 4.80. The highest BCUT2D eigenvalue weighted by atomic mass is 15.2. The molecule has 4 heteroatoms. The van der Waals surface area contributed by atoms with Gasteiger partial charge in [0, 0.05) is 31.4 Å². The molecule has 0 aliphatic carbocycles. The van der Waals surface area contributed by atoms with Crippen molar-refractivity contribution in [3.05, 3.63) is 78.1 Å². The molecule has 0 spiro atoms. The van der Waals surface area contributed by atoms with Crippen molar-refractivity contribution in [1.82, 2.24) is 15.6 Å². The maximum absolute atomic E-state index is 4.74. The fourth-order valence-electron chi connectivity index (χ4n) is 2.79. The zero-order valence-corrected chi connectivity index (χ0v) is 14.6. The van der Waals surface area contributed by atoms with Crippen LogP contribution in [-0.2, 0) is 13.0 Å². The number of aliphatic imine (C=N–C) groups is 1. The van der Waals surface area contributed by atoms with Crippen LogP contribution < -0.4 is 10.6 Å². The first kappa shape index (κ1) is 17.0. The van der Waals surface area contributed by atoms with Gasteiger partial charge in [-0.1, -0.05) is 48.5 Å². The van der Waals surface area contributed by atoms with E-state index in [4.69, 9.17) is 4.99 Å². The van der Waals surface area contributed by atoms with Crippen LogP contribution in [0.25, 0.3) is 10.8 Å². The summed E-state index contributed by atoms with van der Waals surface area (Å²) in [7, 11) is 0. The Morgan fingerprint density at radius 2 is 1.80 bits per heavy atom. The first-order valence-corrected chi connectivity index (χ1v) is 8.75. The van der Waals surface area contributed by atoms with Gasteiger partial charge in [-0.2, -0.15) is 0 Å². The molecule has 3 rings (SSSR count). The van der Waals surface area contributed by atoms with Gasteiger partial charge in [0.15, 0.2) is 5.96 Å². The van der Waals surface area contributed by atoms with E-state index in [1.807, 2.05) is 24.4 Å². The van der Waals surface area contributed by atoms with Gasteiger partial charge in [0.05, 0.1) is 6.54 Å². The molecule has 1 aromatic heterocycles. The summed E-state index contributed by atoms with van der Waals surface area (Å²) < 4.78 is 0. The first-order valence-electron chi connectivity index (χ1n) is 8.75.